The summed E-state index contributed by atoms with van der Waals surface area (Å²) >= 11 is 1.04. The van der Waals surface area contributed by atoms with Crippen molar-refractivity contribution in [3.8, 4) is 0 Å². The van der Waals surface area contributed by atoms with Crippen molar-refractivity contribution in [3.05, 3.63) is 34.5 Å². The molecule has 7 heteroatoms. The summed E-state index contributed by atoms with van der Waals surface area (Å²) in [6.07, 6.45) is 1.53. The fourth-order valence-corrected chi connectivity index (χ4v) is 2.44. The molecular formula is C11H11N3O3S. The number of rotatable bonds is 3. The number of carbonyl (C=O) groups is 2. The van der Waals surface area contributed by atoms with Crippen LogP contribution in [-0.4, -0.2) is 26.8 Å². The minimum Gasteiger partial charge on any atom is -0.477 e. The van der Waals surface area contributed by atoms with Gasteiger partial charge in [-0.25, -0.2) is 4.79 Å². The van der Waals surface area contributed by atoms with Gasteiger partial charge in [-0.3, -0.25) is 9.48 Å². The van der Waals surface area contributed by atoms with Crippen LogP contribution in [0.25, 0.3) is 0 Å². The Labute approximate surface area is 107 Å². The fraction of sp³-hybridized carbons (Fsp3) is 0.182. The fourth-order valence-electron chi connectivity index (χ4n) is 1.53. The Morgan fingerprint density at radius 3 is 2.72 bits per heavy atom. The molecule has 6 nitrogen and oxygen atoms in total. The number of amides is 1. The van der Waals surface area contributed by atoms with Gasteiger partial charge in [-0.15, -0.1) is 11.3 Å². The summed E-state index contributed by atoms with van der Waals surface area (Å²) in [5, 5.41) is 16.0. The van der Waals surface area contributed by atoms with Crippen molar-refractivity contribution in [2.75, 3.05) is 5.32 Å². The zero-order chi connectivity index (χ0) is 13.3. The number of aryl methyl sites for hydroxylation is 2. The summed E-state index contributed by atoms with van der Waals surface area (Å²) in [6, 6.07) is 3.23. The van der Waals surface area contributed by atoms with Gasteiger partial charge in [0, 0.05) is 13.2 Å². The van der Waals surface area contributed by atoms with Gasteiger partial charge in [-0.1, -0.05) is 0 Å². The number of nitrogens with zero attached hydrogens (tertiary/aromatic N) is 2. The molecule has 94 valence electrons. The van der Waals surface area contributed by atoms with Crippen LogP contribution in [-0.2, 0) is 7.05 Å². The Bertz CT molecular complexity index is 615. The second-order valence-corrected chi connectivity index (χ2v) is 4.77. The molecule has 0 aliphatic rings. The van der Waals surface area contributed by atoms with Crippen LogP contribution in [0.4, 0.5) is 5.00 Å². The summed E-state index contributed by atoms with van der Waals surface area (Å²) in [7, 11) is 1.66. The Morgan fingerprint density at radius 2 is 2.22 bits per heavy atom. The summed E-state index contributed by atoms with van der Waals surface area (Å²) in [5.74, 6) is -1.30. The quantitative estimate of drug-likeness (QED) is 0.885. The molecule has 1 amide bonds. The van der Waals surface area contributed by atoms with Crippen LogP contribution in [0.3, 0.4) is 0 Å². The number of aromatic nitrogens is 2. The lowest BCUT2D eigenvalue weighted by Gasteiger charge is -2.01. The number of aromatic carboxylic acids is 1. The number of thiophene rings is 1. The number of carboxylic acids is 1. The van der Waals surface area contributed by atoms with Gasteiger partial charge in [0.25, 0.3) is 5.91 Å². The minimum atomic E-state index is -0.987. The van der Waals surface area contributed by atoms with E-state index in [0.29, 0.717) is 16.3 Å². The van der Waals surface area contributed by atoms with E-state index in [2.05, 4.69) is 10.4 Å². The van der Waals surface area contributed by atoms with E-state index >= 15 is 0 Å². The number of hydrogen-bond donors (Lipinski definition) is 2. The van der Waals surface area contributed by atoms with Crippen LogP contribution in [0.5, 0.6) is 0 Å². The number of carboxylic acid groups (broad SMARTS) is 1. The van der Waals surface area contributed by atoms with Crippen LogP contribution < -0.4 is 5.32 Å². The topological polar surface area (TPSA) is 84.2 Å². The predicted octanol–water partition coefficient (Wildman–Crippen LogP) is 1.74. The lowest BCUT2D eigenvalue weighted by Crippen LogP contribution is -2.15. The molecule has 0 saturated carbocycles. The molecule has 2 N–H and O–H groups in total. The summed E-state index contributed by atoms with van der Waals surface area (Å²) in [6.45, 7) is 1.69. The first-order valence-corrected chi connectivity index (χ1v) is 5.93. The standard InChI is InChI=1S/C11H11N3O3S/c1-6-5-8(18-9(6)11(16)17)13-10(15)7-3-4-12-14(7)2/h3-5H,1-2H3,(H,13,15)(H,16,17). The highest BCUT2D eigenvalue weighted by atomic mass is 32.1. The third kappa shape index (κ3) is 2.25. The third-order valence-corrected chi connectivity index (χ3v) is 3.54. The largest absolute Gasteiger partial charge is 0.477 e. The molecule has 0 bridgehead atoms. The maximum absolute atomic E-state index is 11.9. The van der Waals surface area contributed by atoms with Crippen molar-refractivity contribution in [1.82, 2.24) is 9.78 Å². The smallest absolute Gasteiger partial charge is 0.346 e. The van der Waals surface area contributed by atoms with E-state index in [1.807, 2.05) is 0 Å². The average Bonchev–Trinajstić information content (AvgIpc) is 2.84. The normalized spacial score (nSPS) is 10.3. The van der Waals surface area contributed by atoms with E-state index in [1.54, 1.807) is 26.1 Å². The summed E-state index contributed by atoms with van der Waals surface area (Å²) in [5.41, 5.74) is 1.05. The Balaban J connectivity index is 2.20. The zero-order valence-corrected chi connectivity index (χ0v) is 10.6. The molecular weight excluding hydrogens is 254 g/mol. The summed E-state index contributed by atoms with van der Waals surface area (Å²) < 4.78 is 1.45. The average molecular weight is 265 g/mol. The predicted molar refractivity (Wildman–Crippen MR) is 67.2 cm³/mol. The van der Waals surface area contributed by atoms with Crippen molar-refractivity contribution in [2.24, 2.45) is 7.05 Å². The Morgan fingerprint density at radius 1 is 1.50 bits per heavy atom. The molecule has 2 heterocycles. The number of hydrogen-bond acceptors (Lipinski definition) is 4. The van der Waals surface area contributed by atoms with Crippen LogP contribution in [0.1, 0.15) is 25.7 Å². The van der Waals surface area contributed by atoms with E-state index in [1.165, 1.54) is 10.9 Å². The maximum atomic E-state index is 11.9. The van der Waals surface area contributed by atoms with Gasteiger partial charge >= 0.3 is 5.97 Å². The molecule has 0 spiro atoms. The molecule has 0 fully saturated rings. The lowest BCUT2D eigenvalue weighted by molar-refractivity contribution is 0.0701. The zero-order valence-electron chi connectivity index (χ0n) is 9.80. The molecule has 0 aromatic carbocycles. The highest BCUT2D eigenvalue weighted by molar-refractivity contribution is 7.18. The molecule has 0 unspecified atom stereocenters. The van der Waals surface area contributed by atoms with E-state index in [0.717, 1.165) is 11.3 Å². The molecule has 2 aromatic rings. The SMILES string of the molecule is Cc1cc(NC(=O)c2ccnn2C)sc1C(=O)O. The first-order valence-electron chi connectivity index (χ1n) is 5.12. The van der Waals surface area contributed by atoms with Crippen LogP contribution in [0.15, 0.2) is 18.3 Å². The van der Waals surface area contributed by atoms with Gasteiger partial charge in [0.05, 0.1) is 5.00 Å². The van der Waals surface area contributed by atoms with Crippen molar-refractivity contribution in [1.29, 1.82) is 0 Å². The van der Waals surface area contributed by atoms with Crippen molar-refractivity contribution in [2.45, 2.75) is 6.92 Å². The molecule has 2 rings (SSSR count). The highest BCUT2D eigenvalue weighted by Crippen LogP contribution is 2.26. The molecule has 0 aliphatic heterocycles. The molecule has 0 aliphatic carbocycles. The number of anilines is 1. The van der Waals surface area contributed by atoms with Crippen LogP contribution in [0, 0.1) is 6.92 Å². The van der Waals surface area contributed by atoms with E-state index in [9.17, 15) is 9.59 Å². The Kier molecular flexibility index (Phi) is 3.15. The maximum Gasteiger partial charge on any atom is 0.346 e. The van der Waals surface area contributed by atoms with Gasteiger partial charge in [-0.2, -0.15) is 5.10 Å². The number of carbonyl (C=O) groups excluding carboxylic acids is 1. The van der Waals surface area contributed by atoms with E-state index in [-0.39, 0.29) is 10.8 Å². The monoisotopic (exact) mass is 265 g/mol. The number of nitrogens with one attached hydrogen (secondary N) is 1. The van der Waals surface area contributed by atoms with Gasteiger partial charge in [-0.05, 0) is 24.6 Å². The van der Waals surface area contributed by atoms with Crippen LogP contribution in [0.2, 0.25) is 0 Å². The van der Waals surface area contributed by atoms with Crippen LogP contribution >= 0.6 is 11.3 Å². The van der Waals surface area contributed by atoms with Crippen molar-refractivity contribution in [3.63, 3.8) is 0 Å². The second kappa shape index (κ2) is 4.61. The second-order valence-electron chi connectivity index (χ2n) is 3.72. The minimum absolute atomic E-state index is 0.232. The van der Waals surface area contributed by atoms with Crippen molar-refractivity contribution >= 4 is 28.2 Å². The van der Waals surface area contributed by atoms with Gasteiger partial charge < -0.3 is 10.4 Å². The molecule has 0 atom stereocenters. The Hall–Kier alpha value is -2.15. The summed E-state index contributed by atoms with van der Waals surface area (Å²) in [4.78, 5) is 23.0. The highest BCUT2D eigenvalue weighted by Gasteiger charge is 2.15. The van der Waals surface area contributed by atoms with E-state index in [4.69, 9.17) is 5.11 Å². The first kappa shape index (κ1) is 12.3. The molecule has 18 heavy (non-hydrogen) atoms. The molecule has 0 radical (unpaired) electrons. The third-order valence-electron chi connectivity index (χ3n) is 2.40. The van der Waals surface area contributed by atoms with Gasteiger partial charge in [0.1, 0.15) is 10.6 Å². The van der Waals surface area contributed by atoms with Crippen molar-refractivity contribution < 1.29 is 14.7 Å². The lowest BCUT2D eigenvalue weighted by atomic mass is 10.3. The van der Waals surface area contributed by atoms with E-state index < -0.39 is 5.97 Å². The first-order chi connectivity index (χ1) is 8.49. The van der Waals surface area contributed by atoms with Gasteiger partial charge in [0.2, 0.25) is 0 Å². The molecule has 2 aromatic heterocycles. The van der Waals surface area contributed by atoms with Gasteiger partial charge in [0.15, 0.2) is 0 Å². The molecule has 0 saturated heterocycles.